The van der Waals surface area contributed by atoms with Crippen molar-refractivity contribution in [1.29, 1.82) is 0 Å². The van der Waals surface area contributed by atoms with E-state index in [2.05, 4.69) is 5.32 Å². The van der Waals surface area contributed by atoms with E-state index in [1.54, 1.807) is 6.92 Å². The second kappa shape index (κ2) is 9.04. The lowest BCUT2D eigenvalue weighted by atomic mass is 10.1. The second-order valence-corrected chi connectivity index (χ2v) is 6.55. The second-order valence-electron chi connectivity index (χ2n) is 6.55. The Morgan fingerprint density at radius 3 is 2.71 bits per heavy atom. The molecule has 2 rings (SSSR count). The first kappa shape index (κ1) is 18.7. The van der Waals surface area contributed by atoms with Gasteiger partial charge in [-0.1, -0.05) is 18.2 Å². The third-order valence-corrected chi connectivity index (χ3v) is 4.03. The van der Waals surface area contributed by atoms with Gasteiger partial charge in [0.05, 0.1) is 24.9 Å². The van der Waals surface area contributed by atoms with E-state index in [4.69, 9.17) is 14.2 Å². The van der Waals surface area contributed by atoms with Crippen molar-refractivity contribution in [3.63, 3.8) is 0 Å². The Kier molecular flexibility index (Phi) is 7.06. The van der Waals surface area contributed by atoms with Gasteiger partial charge in [-0.25, -0.2) is 0 Å². The lowest BCUT2D eigenvalue weighted by Gasteiger charge is -2.22. The quantitative estimate of drug-likeness (QED) is 0.792. The standard InChI is InChI=1S/C19H29NO4/c1-13(2)24-18-10-6-5-9-17(18)14(3)20-19(21)15(4)23-12-16-8-7-11-22-16/h5-6,9-10,13-16H,7-8,11-12H2,1-4H3,(H,20,21). The van der Waals surface area contributed by atoms with Crippen LogP contribution in [0.1, 0.15) is 52.1 Å². The molecular formula is C19H29NO4. The van der Waals surface area contributed by atoms with Gasteiger partial charge in [-0.05, 0) is 46.6 Å². The van der Waals surface area contributed by atoms with E-state index in [9.17, 15) is 4.79 Å². The van der Waals surface area contributed by atoms with Crippen LogP contribution in [0.5, 0.6) is 5.75 Å². The van der Waals surface area contributed by atoms with E-state index in [1.165, 1.54) is 0 Å². The van der Waals surface area contributed by atoms with Crippen LogP contribution < -0.4 is 10.1 Å². The molecule has 1 aliphatic rings. The zero-order chi connectivity index (χ0) is 17.5. The lowest BCUT2D eigenvalue weighted by Crippen LogP contribution is -2.37. The van der Waals surface area contributed by atoms with Gasteiger partial charge >= 0.3 is 0 Å². The predicted octanol–water partition coefficient (Wildman–Crippen LogP) is 3.24. The first-order valence-corrected chi connectivity index (χ1v) is 8.76. The number of hydrogen-bond acceptors (Lipinski definition) is 4. The maximum atomic E-state index is 12.3. The summed E-state index contributed by atoms with van der Waals surface area (Å²) in [5, 5.41) is 3.00. The molecule has 0 aliphatic carbocycles. The molecule has 0 aromatic heterocycles. The van der Waals surface area contributed by atoms with E-state index in [1.807, 2.05) is 45.0 Å². The summed E-state index contributed by atoms with van der Waals surface area (Å²) in [6, 6.07) is 7.63. The summed E-state index contributed by atoms with van der Waals surface area (Å²) >= 11 is 0. The van der Waals surface area contributed by atoms with E-state index in [-0.39, 0.29) is 24.2 Å². The smallest absolute Gasteiger partial charge is 0.249 e. The zero-order valence-electron chi connectivity index (χ0n) is 15.1. The number of benzene rings is 1. The molecule has 0 saturated carbocycles. The summed E-state index contributed by atoms with van der Waals surface area (Å²) in [5.74, 6) is 0.674. The van der Waals surface area contributed by atoms with Crippen molar-refractivity contribution in [2.75, 3.05) is 13.2 Å². The summed E-state index contributed by atoms with van der Waals surface area (Å²) in [6.45, 7) is 8.96. The summed E-state index contributed by atoms with van der Waals surface area (Å²) in [5.41, 5.74) is 0.964. The van der Waals surface area contributed by atoms with Crippen LogP contribution in [0.2, 0.25) is 0 Å². The maximum absolute atomic E-state index is 12.3. The molecule has 5 heteroatoms. The summed E-state index contributed by atoms with van der Waals surface area (Å²) in [7, 11) is 0. The topological polar surface area (TPSA) is 56.8 Å². The molecule has 134 valence electrons. The molecule has 1 fully saturated rings. The molecule has 0 spiro atoms. The van der Waals surface area contributed by atoms with Gasteiger partial charge < -0.3 is 19.5 Å². The lowest BCUT2D eigenvalue weighted by molar-refractivity contribution is -0.134. The molecule has 1 saturated heterocycles. The van der Waals surface area contributed by atoms with Gasteiger partial charge in [-0.2, -0.15) is 0 Å². The van der Waals surface area contributed by atoms with Crippen molar-refractivity contribution in [3.05, 3.63) is 29.8 Å². The Morgan fingerprint density at radius 2 is 2.04 bits per heavy atom. The number of para-hydroxylation sites is 1. The third-order valence-electron chi connectivity index (χ3n) is 4.03. The average Bonchev–Trinajstić information content (AvgIpc) is 3.05. The number of nitrogens with one attached hydrogen (secondary N) is 1. The highest BCUT2D eigenvalue weighted by atomic mass is 16.5. The van der Waals surface area contributed by atoms with Crippen molar-refractivity contribution < 1.29 is 19.0 Å². The molecule has 1 aromatic carbocycles. The number of ether oxygens (including phenoxy) is 3. The predicted molar refractivity (Wildman–Crippen MR) is 93.2 cm³/mol. The van der Waals surface area contributed by atoms with Crippen LogP contribution in [-0.4, -0.2) is 37.4 Å². The maximum Gasteiger partial charge on any atom is 0.249 e. The molecule has 0 radical (unpaired) electrons. The zero-order valence-corrected chi connectivity index (χ0v) is 15.1. The average molecular weight is 335 g/mol. The highest BCUT2D eigenvalue weighted by molar-refractivity contribution is 5.80. The molecule has 1 heterocycles. The van der Waals surface area contributed by atoms with Crippen molar-refractivity contribution >= 4 is 5.91 Å². The Bertz CT molecular complexity index is 526. The molecule has 1 amide bonds. The van der Waals surface area contributed by atoms with E-state index >= 15 is 0 Å². The number of rotatable bonds is 8. The minimum absolute atomic E-state index is 0.0859. The van der Waals surface area contributed by atoms with Crippen molar-refractivity contribution in [3.8, 4) is 5.75 Å². The van der Waals surface area contributed by atoms with Gasteiger partial charge in [-0.3, -0.25) is 4.79 Å². The molecule has 3 atom stereocenters. The number of hydrogen-bond donors (Lipinski definition) is 1. The molecule has 1 aromatic rings. The van der Waals surface area contributed by atoms with Gasteiger partial charge in [0.1, 0.15) is 11.9 Å². The molecule has 1 N–H and O–H groups in total. The fourth-order valence-corrected chi connectivity index (χ4v) is 2.71. The van der Waals surface area contributed by atoms with Crippen LogP contribution in [0, 0.1) is 0 Å². The minimum atomic E-state index is -0.505. The van der Waals surface area contributed by atoms with Gasteiger partial charge in [-0.15, -0.1) is 0 Å². The minimum Gasteiger partial charge on any atom is -0.491 e. The first-order chi connectivity index (χ1) is 11.5. The monoisotopic (exact) mass is 335 g/mol. The number of carbonyl (C=O) groups is 1. The van der Waals surface area contributed by atoms with Crippen LogP contribution in [0.25, 0.3) is 0 Å². The number of carbonyl (C=O) groups excluding carboxylic acids is 1. The van der Waals surface area contributed by atoms with Crippen molar-refractivity contribution in [1.82, 2.24) is 5.32 Å². The van der Waals surface area contributed by atoms with Crippen molar-refractivity contribution in [2.24, 2.45) is 0 Å². The molecule has 3 unspecified atom stereocenters. The Hall–Kier alpha value is -1.59. The fraction of sp³-hybridized carbons (Fsp3) is 0.632. The van der Waals surface area contributed by atoms with Gasteiger partial charge in [0.25, 0.3) is 0 Å². The Balaban J connectivity index is 1.88. The Morgan fingerprint density at radius 1 is 1.29 bits per heavy atom. The molecule has 5 nitrogen and oxygen atoms in total. The highest BCUT2D eigenvalue weighted by Gasteiger charge is 2.22. The first-order valence-electron chi connectivity index (χ1n) is 8.76. The van der Waals surface area contributed by atoms with Gasteiger partial charge in [0.2, 0.25) is 5.91 Å². The fourth-order valence-electron chi connectivity index (χ4n) is 2.71. The van der Waals surface area contributed by atoms with Gasteiger partial charge in [0.15, 0.2) is 0 Å². The third kappa shape index (κ3) is 5.49. The van der Waals surface area contributed by atoms with Crippen LogP contribution in [0.15, 0.2) is 24.3 Å². The van der Waals surface area contributed by atoms with E-state index < -0.39 is 6.10 Å². The molecule has 0 bridgehead atoms. The summed E-state index contributed by atoms with van der Waals surface area (Å²) in [6.07, 6.45) is 1.78. The highest BCUT2D eigenvalue weighted by Crippen LogP contribution is 2.26. The van der Waals surface area contributed by atoms with E-state index in [0.29, 0.717) is 6.61 Å². The van der Waals surface area contributed by atoms with E-state index in [0.717, 1.165) is 30.8 Å². The van der Waals surface area contributed by atoms with Gasteiger partial charge in [0, 0.05) is 12.2 Å². The molecular weight excluding hydrogens is 306 g/mol. The molecule has 24 heavy (non-hydrogen) atoms. The summed E-state index contributed by atoms with van der Waals surface area (Å²) < 4.78 is 17.0. The summed E-state index contributed by atoms with van der Waals surface area (Å²) in [4.78, 5) is 12.3. The van der Waals surface area contributed by atoms with Crippen LogP contribution in [0.4, 0.5) is 0 Å². The SMILES string of the molecule is CC(C)Oc1ccccc1C(C)NC(=O)C(C)OCC1CCCO1. The largest absolute Gasteiger partial charge is 0.491 e. The van der Waals surface area contributed by atoms with Crippen molar-refractivity contribution in [2.45, 2.75) is 64.9 Å². The number of amides is 1. The normalized spacial score (nSPS) is 20.0. The van der Waals surface area contributed by atoms with Crippen LogP contribution in [-0.2, 0) is 14.3 Å². The van der Waals surface area contributed by atoms with Crippen LogP contribution in [0.3, 0.4) is 0 Å². The Labute approximate surface area is 144 Å². The molecule has 1 aliphatic heterocycles. The van der Waals surface area contributed by atoms with Crippen LogP contribution >= 0.6 is 0 Å².